The molecule has 0 saturated carbocycles. The van der Waals surface area contributed by atoms with E-state index < -0.39 is 5.97 Å². The van der Waals surface area contributed by atoms with Gasteiger partial charge in [-0.15, -0.1) is 0 Å². The van der Waals surface area contributed by atoms with Crippen molar-refractivity contribution in [3.05, 3.63) is 0 Å². The van der Waals surface area contributed by atoms with E-state index in [2.05, 4.69) is 25.7 Å². The lowest BCUT2D eigenvalue weighted by molar-refractivity contribution is -0.138. The molecule has 102 valence electrons. The minimum absolute atomic E-state index is 0.184. The van der Waals surface area contributed by atoms with Crippen LogP contribution in [0.2, 0.25) is 0 Å². The van der Waals surface area contributed by atoms with Crippen molar-refractivity contribution in [1.82, 2.24) is 4.90 Å². The molecule has 0 fully saturated rings. The summed E-state index contributed by atoms with van der Waals surface area (Å²) in [6.45, 7) is 7.55. The monoisotopic (exact) mass is 243 g/mol. The van der Waals surface area contributed by atoms with Gasteiger partial charge in [0.15, 0.2) is 0 Å². The van der Waals surface area contributed by atoms with Crippen LogP contribution in [0.1, 0.15) is 65.7 Å². The second kappa shape index (κ2) is 10.6. The topological polar surface area (TPSA) is 40.5 Å². The minimum Gasteiger partial charge on any atom is -0.480 e. The zero-order valence-corrected chi connectivity index (χ0v) is 11.7. The molecule has 0 aliphatic rings. The second-order valence-corrected chi connectivity index (χ2v) is 4.92. The van der Waals surface area contributed by atoms with Crippen LogP contribution < -0.4 is 0 Å². The highest BCUT2D eigenvalue weighted by Crippen LogP contribution is 2.11. The maximum absolute atomic E-state index is 10.8. The van der Waals surface area contributed by atoms with Gasteiger partial charge in [-0.05, 0) is 26.3 Å². The number of aliphatic carboxylic acids is 1. The number of unbranched alkanes of at least 4 members (excludes halogenated alkanes) is 4. The van der Waals surface area contributed by atoms with Crippen molar-refractivity contribution in [2.24, 2.45) is 0 Å². The van der Waals surface area contributed by atoms with E-state index in [1.54, 1.807) is 0 Å². The molecule has 0 aromatic carbocycles. The summed E-state index contributed by atoms with van der Waals surface area (Å²) in [6.07, 6.45) is 8.56. The first kappa shape index (κ1) is 16.4. The molecule has 1 unspecified atom stereocenters. The van der Waals surface area contributed by atoms with Gasteiger partial charge in [0, 0.05) is 6.04 Å². The Kier molecular flexibility index (Phi) is 10.2. The normalized spacial score (nSPS) is 12.9. The van der Waals surface area contributed by atoms with Gasteiger partial charge >= 0.3 is 5.97 Å². The summed E-state index contributed by atoms with van der Waals surface area (Å²) in [5.74, 6) is -0.712. The van der Waals surface area contributed by atoms with Crippen LogP contribution >= 0.6 is 0 Å². The van der Waals surface area contributed by atoms with Gasteiger partial charge in [-0.3, -0.25) is 9.69 Å². The van der Waals surface area contributed by atoms with Crippen molar-refractivity contribution >= 4 is 5.97 Å². The molecule has 0 aliphatic carbocycles. The standard InChI is InChI=1S/C14H29NO2/c1-4-6-7-8-9-10-13(3)15(11-5-2)12-14(16)17/h13H,4-12H2,1-3H3,(H,16,17). The second-order valence-electron chi connectivity index (χ2n) is 4.92. The SMILES string of the molecule is CCCCCCCC(C)N(CCC)CC(=O)O. The summed E-state index contributed by atoms with van der Waals surface area (Å²) < 4.78 is 0. The van der Waals surface area contributed by atoms with Crippen molar-refractivity contribution in [2.75, 3.05) is 13.1 Å². The summed E-state index contributed by atoms with van der Waals surface area (Å²) in [7, 11) is 0. The zero-order valence-electron chi connectivity index (χ0n) is 11.7. The van der Waals surface area contributed by atoms with Crippen molar-refractivity contribution in [3.63, 3.8) is 0 Å². The molecule has 3 nitrogen and oxygen atoms in total. The fourth-order valence-electron chi connectivity index (χ4n) is 2.14. The van der Waals surface area contributed by atoms with Crippen LogP contribution in [0.4, 0.5) is 0 Å². The van der Waals surface area contributed by atoms with E-state index in [4.69, 9.17) is 5.11 Å². The summed E-state index contributed by atoms with van der Waals surface area (Å²) in [4.78, 5) is 12.8. The van der Waals surface area contributed by atoms with Crippen LogP contribution in [0.25, 0.3) is 0 Å². The van der Waals surface area contributed by atoms with E-state index in [9.17, 15) is 4.79 Å². The van der Waals surface area contributed by atoms with E-state index in [1.807, 2.05) is 0 Å². The smallest absolute Gasteiger partial charge is 0.317 e. The van der Waals surface area contributed by atoms with E-state index in [0.29, 0.717) is 6.04 Å². The van der Waals surface area contributed by atoms with Crippen LogP contribution in [0.15, 0.2) is 0 Å². The lowest BCUT2D eigenvalue weighted by Crippen LogP contribution is -2.37. The molecule has 0 rings (SSSR count). The van der Waals surface area contributed by atoms with Gasteiger partial charge < -0.3 is 5.11 Å². The lowest BCUT2D eigenvalue weighted by atomic mass is 10.1. The quantitative estimate of drug-likeness (QED) is 0.564. The van der Waals surface area contributed by atoms with Gasteiger partial charge in [-0.1, -0.05) is 46.0 Å². The Hall–Kier alpha value is -0.570. The highest BCUT2D eigenvalue weighted by Gasteiger charge is 2.15. The van der Waals surface area contributed by atoms with Crippen LogP contribution in [0.5, 0.6) is 0 Å². The number of rotatable bonds is 11. The van der Waals surface area contributed by atoms with Crippen molar-refractivity contribution in [2.45, 2.75) is 71.8 Å². The minimum atomic E-state index is -0.712. The summed E-state index contributed by atoms with van der Waals surface area (Å²) in [5, 5.41) is 8.86. The van der Waals surface area contributed by atoms with Gasteiger partial charge in [0.1, 0.15) is 0 Å². The van der Waals surface area contributed by atoms with Gasteiger partial charge in [0.05, 0.1) is 6.54 Å². The third-order valence-corrected chi connectivity index (χ3v) is 3.20. The molecule has 0 heterocycles. The Morgan fingerprint density at radius 1 is 1.12 bits per heavy atom. The third-order valence-electron chi connectivity index (χ3n) is 3.20. The predicted octanol–water partition coefficient (Wildman–Crippen LogP) is 3.53. The van der Waals surface area contributed by atoms with E-state index in [0.717, 1.165) is 19.4 Å². The fourth-order valence-corrected chi connectivity index (χ4v) is 2.14. The first-order chi connectivity index (χ1) is 8.11. The first-order valence-corrected chi connectivity index (χ1v) is 7.07. The Morgan fingerprint density at radius 2 is 1.76 bits per heavy atom. The maximum Gasteiger partial charge on any atom is 0.317 e. The lowest BCUT2D eigenvalue weighted by Gasteiger charge is -2.27. The van der Waals surface area contributed by atoms with Gasteiger partial charge in [0.25, 0.3) is 0 Å². The molecule has 17 heavy (non-hydrogen) atoms. The zero-order chi connectivity index (χ0) is 13.1. The van der Waals surface area contributed by atoms with Crippen LogP contribution in [0, 0.1) is 0 Å². The Bertz CT molecular complexity index is 195. The van der Waals surface area contributed by atoms with E-state index in [-0.39, 0.29) is 6.54 Å². The molecule has 0 aromatic rings. The van der Waals surface area contributed by atoms with Gasteiger partial charge in [-0.25, -0.2) is 0 Å². The average Bonchev–Trinajstić information content (AvgIpc) is 2.27. The van der Waals surface area contributed by atoms with Gasteiger partial charge in [-0.2, -0.15) is 0 Å². The Labute approximate surface area is 106 Å². The van der Waals surface area contributed by atoms with Gasteiger partial charge in [0.2, 0.25) is 0 Å². The molecule has 0 spiro atoms. The molecular formula is C14H29NO2. The largest absolute Gasteiger partial charge is 0.480 e. The first-order valence-electron chi connectivity index (χ1n) is 7.07. The Morgan fingerprint density at radius 3 is 2.29 bits per heavy atom. The molecule has 0 aliphatic heterocycles. The number of carboxylic acid groups (broad SMARTS) is 1. The fraction of sp³-hybridized carbons (Fsp3) is 0.929. The molecule has 3 heteroatoms. The number of carboxylic acids is 1. The van der Waals surface area contributed by atoms with Crippen LogP contribution in [-0.4, -0.2) is 35.1 Å². The molecule has 1 atom stereocenters. The Balaban J connectivity index is 3.79. The summed E-state index contributed by atoms with van der Waals surface area (Å²) in [5.41, 5.74) is 0. The van der Waals surface area contributed by atoms with Crippen molar-refractivity contribution < 1.29 is 9.90 Å². The molecule has 0 aromatic heterocycles. The van der Waals surface area contributed by atoms with Crippen LogP contribution in [0.3, 0.4) is 0 Å². The molecule has 0 radical (unpaired) electrons. The highest BCUT2D eigenvalue weighted by molar-refractivity contribution is 5.69. The maximum atomic E-state index is 10.8. The molecule has 0 amide bonds. The van der Waals surface area contributed by atoms with E-state index in [1.165, 1.54) is 32.1 Å². The summed E-state index contributed by atoms with van der Waals surface area (Å²) >= 11 is 0. The highest BCUT2D eigenvalue weighted by atomic mass is 16.4. The molecule has 0 saturated heterocycles. The van der Waals surface area contributed by atoms with Crippen molar-refractivity contribution in [1.29, 1.82) is 0 Å². The third kappa shape index (κ3) is 9.16. The molecular weight excluding hydrogens is 214 g/mol. The summed E-state index contributed by atoms with van der Waals surface area (Å²) in [6, 6.07) is 0.396. The predicted molar refractivity (Wildman–Crippen MR) is 72.3 cm³/mol. The number of hydrogen-bond acceptors (Lipinski definition) is 2. The molecule has 0 bridgehead atoms. The number of nitrogens with zero attached hydrogens (tertiary/aromatic N) is 1. The van der Waals surface area contributed by atoms with Crippen molar-refractivity contribution in [3.8, 4) is 0 Å². The molecule has 1 N–H and O–H groups in total. The number of carbonyl (C=O) groups is 1. The van der Waals surface area contributed by atoms with E-state index >= 15 is 0 Å². The average molecular weight is 243 g/mol. The van der Waals surface area contributed by atoms with Crippen LogP contribution in [-0.2, 0) is 4.79 Å². The number of hydrogen-bond donors (Lipinski definition) is 1.